The predicted octanol–water partition coefficient (Wildman–Crippen LogP) is 4.36. The Hall–Kier alpha value is -2.88. The topological polar surface area (TPSA) is 34.0 Å². The van der Waals surface area contributed by atoms with E-state index in [0.717, 1.165) is 22.5 Å². The van der Waals surface area contributed by atoms with Gasteiger partial charge in [0.1, 0.15) is 0 Å². The molecule has 3 rings (SSSR count). The van der Waals surface area contributed by atoms with Crippen molar-refractivity contribution in [1.29, 1.82) is 0 Å². The van der Waals surface area contributed by atoms with Gasteiger partial charge in [-0.25, -0.2) is 0 Å². The maximum absolute atomic E-state index is 14.3. The van der Waals surface area contributed by atoms with Crippen molar-refractivity contribution in [1.82, 2.24) is 4.57 Å². The summed E-state index contributed by atoms with van der Waals surface area (Å²) in [5.41, 5.74) is 2.40. The van der Waals surface area contributed by atoms with Gasteiger partial charge in [-0.2, -0.15) is 4.39 Å². The smallest absolute Gasteiger partial charge is 0.252 e. The lowest BCUT2D eigenvalue weighted by Crippen LogP contribution is -2.09. The van der Waals surface area contributed by atoms with E-state index in [0.29, 0.717) is 5.69 Å². The van der Waals surface area contributed by atoms with E-state index in [-0.39, 0.29) is 0 Å². The van der Waals surface area contributed by atoms with Crippen LogP contribution in [0.15, 0.2) is 66.9 Å². The monoisotopic (exact) mass is 294 g/mol. The van der Waals surface area contributed by atoms with Crippen molar-refractivity contribution in [2.45, 2.75) is 6.92 Å². The molecule has 3 aromatic rings. The van der Waals surface area contributed by atoms with Crippen molar-refractivity contribution in [3.8, 4) is 0 Å². The van der Waals surface area contributed by atoms with E-state index in [2.05, 4.69) is 5.32 Å². The molecule has 0 radical (unpaired) electrons. The average molecular weight is 294 g/mol. The Morgan fingerprint density at radius 2 is 1.91 bits per heavy atom. The molecule has 0 spiro atoms. The Balaban J connectivity index is 1.87. The highest BCUT2D eigenvalue weighted by Gasteiger charge is 2.08. The van der Waals surface area contributed by atoms with Crippen molar-refractivity contribution in [2.75, 3.05) is 5.32 Å². The molecule has 0 saturated carbocycles. The van der Waals surface area contributed by atoms with Gasteiger partial charge >= 0.3 is 0 Å². The first-order chi connectivity index (χ1) is 10.6. The molecule has 3 nitrogen and oxygen atoms in total. The third kappa shape index (κ3) is 2.91. The van der Waals surface area contributed by atoms with Gasteiger partial charge in [-0.3, -0.25) is 9.36 Å². The van der Waals surface area contributed by atoms with Crippen LogP contribution in [0.2, 0.25) is 0 Å². The van der Waals surface area contributed by atoms with Crippen LogP contribution in [-0.2, 0) is 4.79 Å². The minimum Gasteiger partial charge on any atom is -0.322 e. The number of nitrogens with one attached hydrogen (secondary N) is 1. The normalized spacial score (nSPS) is 11.6. The van der Waals surface area contributed by atoms with Gasteiger partial charge in [0, 0.05) is 17.3 Å². The van der Waals surface area contributed by atoms with Gasteiger partial charge in [-0.1, -0.05) is 30.3 Å². The quantitative estimate of drug-likeness (QED) is 0.716. The highest BCUT2D eigenvalue weighted by atomic mass is 19.1. The fourth-order valence-corrected chi connectivity index (χ4v) is 2.30. The molecule has 0 saturated heterocycles. The van der Waals surface area contributed by atoms with Crippen molar-refractivity contribution < 1.29 is 9.18 Å². The summed E-state index contributed by atoms with van der Waals surface area (Å²) in [5, 5.41) is 3.55. The molecule has 0 fully saturated rings. The van der Waals surface area contributed by atoms with Crippen LogP contribution in [-0.4, -0.2) is 10.5 Å². The molecule has 1 heterocycles. The lowest BCUT2D eigenvalue weighted by Gasteiger charge is -2.04. The molecule has 0 aliphatic heterocycles. The van der Waals surface area contributed by atoms with Crippen molar-refractivity contribution in [2.24, 2.45) is 0 Å². The van der Waals surface area contributed by atoms with Gasteiger partial charge in [-0.05, 0) is 36.8 Å². The third-order valence-corrected chi connectivity index (χ3v) is 3.37. The van der Waals surface area contributed by atoms with Gasteiger partial charge in [0.05, 0.1) is 11.6 Å². The zero-order valence-corrected chi connectivity index (χ0v) is 12.1. The fraction of sp³-hybridized carbons (Fsp3) is 0.0556. The highest BCUT2D eigenvalue weighted by Crippen LogP contribution is 2.21. The summed E-state index contributed by atoms with van der Waals surface area (Å²) >= 11 is 0. The number of hydrogen-bond acceptors (Lipinski definition) is 1. The van der Waals surface area contributed by atoms with E-state index in [4.69, 9.17) is 0 Å². The molecule has 1 amide bonds. The maximum Gasteiger partial charge on any atom is 0.252 e. The van der Waals surface area contributed by atoms with Crippen LogP contribution >= 0.6 is 0 Å². The van der Waals surface area contributed by atoms with Crippen molar-refractivity contribution in [3.05, 3.63) is 72.4 Å². The molecule has 22 heavy (non-hydrogen) atoms. The summed E-state index contributed by atoms with van der Waals surface area (Å²) in [6.45, 7) is 1.94. The number of hydrogen-bond donors (Lipinski definition) is 1. The third-order valence-electron chi connectivity index (χ3n) is 3.37. The van der Waals surface area contributed by atoms with E-state index in [9.17, 15) is 9.18 Å². The van der Waals surface area contributed by atoms with Crippen LogP contribution < -0.4 is 5.32 Å². The second-order valence-corrected chi connectivity index (χ2v) is 5.07. The highest BCUT2D eigenvalue weighted by molar-refractivity contribution is 6.02. The number of para-hydroxylation sites is 1. The number of benzene rings is 2. The summed E-state index contributed by atoms with van der Waals surface area (Å²) in [6, 6.07) is 16.6. The van der Waals surface area contributed by atoms with E-state index in [1.165, 1.54) is 4.57 Å². The Labute approximate surface area is 127 Å². The molecule has 0 bridgehead atoms. The van der Waals surface area contributed by atoms with Crippen molar-refractivity contribution >= 4 is 28.4 Å². The lowest BCUT2D eigenvalue weighted by atomic mass is 10.2. The summed E-state index contributed by atoms with van der Waals surface area (Å²) in [4.78, 5) is 11.9. The first-order valence-electron chi connectivity index (χ1n) is 6.95. The summed E-state index contributed by atoms with van der Waals surface area (Å²) in [6.07, 6.45) is 2.57. The van der Waals surface area contributed by atoms with Crippen LogP contribution in [0.25, 0.3) is 16.9 Å². The van der Waals surface area contributed by atoms with Crippen LogP contribution in [0.3, 0.4) is 0 Å². The van der Waals surface area contributed by atoms with Crippen LogP contribution in [0, 0.1) is 6.92 Å². The van der Waals surface area contributed by atoms with Gasteiger partial charge in [-0.15, -0.1) is 0 Å². The van der Waals surface area contributed by atoms with E-state index in [1.54, 1.807) is 30.5 Å². The molecule has 1 aromatic heterocycles. The molecule has 0 aliphatic carbocycles. The second-order valence-electron chi connectivity index (χ2n) is 5.07. The van der Waals surface area contributed by atoms with Crippen LogP contribution in [0.1, 0.15) is 5.56 Å². The van der Waals surface area contributed by atoms with Gasteiger partial charge < -0.3 is 5.32 Å². The van der Waals surface area contributed by atoms with Gasteiger partial charge in [0.15, 0.2) is 0 Å². The second kappa shape index (κ2) is 5.85. The average Bonchev–Trinajstić information content (AvgIpc) is 2.91. The molecule has 4 heteroatoms. The molecular weight excluding hydrogens is 279 g/mol. The number of carbonyl (C=O) groups excluding carboxylic acids is 1. The summed E-state index contributed by atoms with van der Waals surface area (Å²) in [7, 11) is 0. The first kappa shape index (κ1) is 14.1. The standard InChI is InChI=1S/C18H15FN2O/c1-13-7-8-14-9-10-21(16(14)11-13)17(19)12-18(22)20-15-5-3-2-4-6-15/h2-12H,1H3,(H,20,22)/b17-12+. The largest absolute Gasteiger partial charge is 0.322 e. The Morgan fingerprint density at radius 1 is 1.14 bits per heavy atom. The van der Waals surface area contributed by atoms with E-state index < -0.39 is 11.9 Å². The Kier molecular flexibility index (Phi) is 3.74. The molecular formula is C18H15FN2O. The summed E-state index contributed by atoms with van der Waals surface area (Å²) < 4.78 is 15.7. The van der Waals surface area contributed by atoms with Crippen LogP contribution in [0.4, 0.5) is 10.1 Å². The number of anilines is 1. The number of fused-ring (bicyclic) bond motifs is 1. The number of carbonyl (C=O) groups is 1. The number of aryl methyl sites for hydroxylation is 1. The Morgan fingerprint density at radius 3 is 2.68 bits per heavy atom. The molecule has 2 aromatic carbocycles. The molecule has 0 atom stereocenters. The van der Waals surface area contributed by atoms with Gasteiger partial charge in [0.2, 0.25) is 5.95 Å². The lowest BCUT2D eigenvalue weighted by molar-refractivity contribution is -0.111. The zero-order chi connectivity index (χ0) is 15.5. The fourth-order valence-electron chi connectivity index (χ4n) is 2.30. The first-order valence-corrected chi connectivity index (χ1v) is 6.95. The number of halogens is 1. The Bertz CT molecular complexity index is 850. The number of amides is 1. The van der Waals surface area contributed by atoms with Crippen molar-refractivity contribution in [3.63, 3.8) is 0 Å². The molecule has 0 unspecified atom stereocenters. The number of rotatable bonds is 3. The van der Waals surface area contributed by atoms with Gasteiger partial charge in [0.25, 0.3) is 5.91 Å². The van der Waals surface area contributed by atoms with Crippen LogP contribution in [0.5, 0.6) is 0 Å². The van der Waals surface area contributed by atoms with E-state index in [1.807, 2.05) is 37.3 Å². The van der Waals surface area contributed by atoms with E-state index >= 15 is 0 Å². The molecule has 0 aliphatic rings. The minimum absolute atomic E-state index is 0.502. The zero-order valence-electron chi connectivity index (χ0n) is 12.1. The number of nitrogens with zero attached hydrogens (tertiary/aromatic N) is 1. The maximum atomic E-state index is 14.3. The minimum atomic E-state index is -0.617. The predicted molar refractivity (Wildman–Crippen MR) is 87.1 cm³/mol. The summed E-state index contributed by atoms with van der Waals surface area (Å²) in [5.74, 6) is -1.12. The molecule has 1 N–H and O–H groups in total. The number of aromatic nitrogens is 1. The SMILES string of the molecule is Cc1ccc2ccn(/C(F)=C/C(=O)Nc3ccccc3)c2c1. The molecule has 110 valence electrons.